The molecule has 1 aromatic heterocycles. The zero-order valence-corrected chi connectivity index (χ0v) is 12.7. The van der Waals surface area contributed by atoms with Gasteiger partial charge < -0.3 is 0 Å². The van der Waals surface area contributed by atoms with E-state index >= 15 is 0 Å². The number of nitrogens with zero attached hydrogens (tertiary/aromatic N) is 3. The van der Waals surface area contributed by atoms with Crippen LogP contribution in [0.2, 0.25) is 0 Å². The molecular weight excluding hydrogens is 472 g/mol. The predicted octanol–water partition coefficient (Wildman–Crippen LogP) is 3.24. The molecule has 0 aliphatic heterocycles. The van der Waals surface area contributed by atoms with Crippen molar-refractivity contribution in [2.45, 2.75) is 0 Å². The molecule has 1 aromatic carbocycles. The van der Waals surface area contributed by atoms with Gasteiger partial charge in [0.05, 0.1) is 5.69 Å². The lowest BCUT2D eigenvalue weighted by Gasteiger charge is -2.01. The largest absolute Gasteiger partial charge is 0.206 e. The van der Waals surface area contributed by atoms with Gasteiger partial charge in [-0.1, -0.05) is 21.1 Å². The third kappa shape index (κ3) is 2.11. The highest BCUT2D eigenvalue weighted by Gasteiger charge is 2.07. The van der Waals surface area contributed by atoms with Gasteiger partial charge in [-0.2, -0.15) is 0 Å². The lowest BCUT2D eigenvalue weighted by Crippen LogP contribution is -1.98. The minimum atomic E-state index is 0.922. The smallest absolute Gasteiger partial charge is 0.157 e. The average Bonchev–Trinajstić information content (AvgIpc) is 2.50. The van der Waals surface area contributed by atoms with Gasteiger partial charge >= 0.3 is 0 Å². The minimum Gasteiger partial charge on any atom is -0.206 e. The van der Waals surface area contributed by atoms with E-state index in [0.29, 0.717) is 0 Å². The van der Waals surface area contributed by atoms with Crippen LogP contribution in [0, 0.1) is 7.40 Å². The molecule has 0 radical (unpaired) electrons. The van der Waals surface area contributed by atoms with Gasteiger partial charge in [-0.25, -0.2) is 4.68 Å². The van der Waals surface area contributed by atoms with Crippen LogP contribution in [-0.2, 0) is 0 Å². The van der Waals surface area contributed by atoms with Crippen molar-refractivity contribution < 1.29 is 0 Å². The van der Waals surface area contributed by atoms with Crippen molar-refractivity contribution in [2.24, 2.45) is 0 Å². The third-order valence-electron chi connectivity index (χ3n) is 1.65. The van der Waals surface area contributed by atoms with E-state index in [1.54, 1.807) is 0 Å². The molecule has 0 unspecified atom stereocenters. The molecule has 0 fully saturated rings. The number of aromatic nitrogens is 3. The van der Waals surface area contributed by atoms with Crippen LogP contribution >= 0.6 is 61.1 Å². The van der Waals surface area contributed by atoms with Gasteiger partial charge in [0.1, 0.15) is 3.70 Å². The molecule has 14 heavy (non-hydrogen) atoms. The maximum absolute atomic E-state index is 4.05. The second kappa shape index (κ2) is 4.44. The number of benzene rings is 1. The van der Waals surface area contributed by atoms with E-state index in [1.807, 2.05) is 28.9 Å². The Labute approximate surface area is 117 Å². The predicted molar refractivity (Wildman–Crippen MR) is 74.5 cm³/mol. The van der Waals surface area contributed by atoms with Crippen LogP contribution in [0.4, 0.5) is 0 Å². The summed E-state index contributed by atoms with van der Waals surface area (Å²) in [4.78, 5) is 0. The second-order valence-corrected chi connectivity index (χ2v) is 5.52. The number of hydrogen-bond acceptors (Lipinski definition) is 2. The fraction of sp³-hybridized carbons (Fsp3) is 0. The van der Waals surface area contributed by atoms with Crippen LogP contribution in [0.15, 0.2) is 28.7 Å². The first-order chi connectivity index (χ1) is 6.68. The Hall–Kier alpha value is 0.300. The molecule has 2 aromatic rings. The first kappa shape index (κ1) is 10.8. The van der Waals surface area contributed by atoms with Crippen LogP contribution in [-0.4, -0.2) is 15.0 Å². The summed E-state index contributed by atoms with van der Waals surface area (Å²) in [6, 6.07) is 7.97. The molecule has 0 saturated carbocycles. The summed E-state index contributed by atoms with van der Waals surface area (Å²) in [5.74, 6) is 0. The van der Waals surface area contributed by atoms with Crippen molar-refractivity contribution in [1.29, 1.82) is 0 Å². The summed E-state index contributed by atoms with van der Waals surface area (Å²) < 4.78 is 4.83. The normalized spacial score (nSPS) is 10.5. The van der Waals surface area contributed by atoms with Crippen molar-refractivity contribution >= 4 is 61.1 Å². The summed E-state index contributed by atoms with van der Waals surface area (Å²) in [6.45, 7) is 0. The van der Waals surface area contributed by atoms with Crippen LogP contribution in [0.25, 0.3) is 5.69 Å². The summed E-state index contributed by atoms with van der Waals surface area (Å²) in [5.41, 5.74) is 1.02. The Balaban J connectivity index is 2.49. The van der Waals surface area contributed by atoms with Crippen molar-refractivity contribution in [2.75, 3.05) is 0 Å². The molecule has 2 rings (SSSR count). The van der Waals surface area contributed by atoms with Gasteiger partial charge in [-0.15, -0.1) is 5.10 Å². The van der Waals surface area contributed by atoms with E-state index in [-0.39, 0.29) is 0 Å². The number of halogens is 3. The molecule has 0 N–H and O–H groups in total. The first-order valence-corrected chi connectivity index (χ1v) is 6.66. The van der Waals surface area contributed by atoms with Crippen molar-refractivity contribution in [3.63, 3.8) is 0 Å². The maximum atomic E-state index is 4.05. The molecular formula is C8H4BrI2N3. The van der Waals surface area contributed by atoms with Crippen molar-refractivity contribution in [1.82, 2.24) is 15.0 Å². The molecule has 0 bridgehead atoms. The average molecular weight is 476 g/mol. The van der Waals surface area contributed by atoms with E-state index in [2.05, 4.69) is 71.4 Å². The lowest BCUT2D eigenvalue weighted by molar-refractivity contribution is 0.790. The van der Waals surface area contributed by atoms with Crippen molar-refractivity contribution in [3.05, 3.63) is 36.1 Å². The van der Waals surface area contributed by atoms with Crippen LogP contribution < -0.4 is 0 Å². The molecule has 1 heterocycles. The standard InChI is InChI=1S/C8H4BrI2N3/c9-5-1-3-6(4-2-5)14-8(11)7(10)12-13-14/h1-4H. The summed E-state index contributed by atoms with van der Waals surface area (Å²) in [7, 11) is 0. The zero-order chi connectivity index (χ0) is 10.1. The third-order valence-corrected chi connectivity index (χ3v) is 4.90. The first-order valence-electron chi connectivity index (χ1n) is 3.71. The molecule has 72 valence electrons. The molecule has 0 spiro atoms. The van der Waals surface area contributed by atoms with Crippen LogP contribution in [0.3, 0.4) is 0 Å². The SMILES string of the molecule is Brc1ccc(-n2nnc(I)c2I)cc1. The zero-order valence-electron chi connectivity index (χ0n) is 6.78. The number of rotatable bonds is 1. The topological polar surface area (TPSA) is 30.7 Å². The van der Waals surface area contributed by atoms with Gasteiger partial charge in [0.25, 0.3) is 0 Å². The van der Waals surface area contributed by atoms with Crippen molar-refractivity contribution in [3.8, 4) is 5.69 Å². The maximum Gasteiger partial charge on any atom is 0.157 e. The molecule has 6 heteroatoms. The van der Waals surface area contributed by atoms with Crippen LogP contribution in [0.5, 0.6) is 0 Å². The van der Waals surface area contributed by atoms with Gasteiger partial charge in [0.15, 0.2) is 3.70 Å². The highest BCUT2D eigenvalue weighted by Crippen LogP contribution is 2.18. The Kier molecular flexibility index (Phi) is 3.42. The molecule has 0 amide bonds. The van der Waals surface area contributed by atoms with E-state index in [1.165, 1.54) is 0 Å². The molecule has 0 aliphatic carbocycles. The Morgan fingerprint density at radius 2 is 1.79 bits per heavy atom. The van der Waals surface area contributed by atoms with Gasteiger partial charge in [-0.05, 0) is 69.4 Å². The summed E-state index contributed by atoms with van der Waals surface area (Å²) in [5, 5.41) is 8.05. The van der Waals surface area contributed by atoms with Gasteiger partial charge in [0, 0.05) is 4.47 Å². The monoisotopic (exact) mass is 475 g/mol. The fourth-order valence-corrected chi connectivity index (χ4v) is 2.07. The quantitative estimate of drug-likeness (QED) is 0.593. The second-order valence-electron chi connectivity index (χ2n) is 2.56. The Morgan fingerprint density at radius 3 is 2.29 bits per heavy atom. The van der Waals surface area contributed by atoms with Gasteiger partial charge in [0.2, 0.25) is 0 Å². The van der Waals surface area contributed by atoms with E-state index in [9.17, 15) is 0 Å². The Bertz CT molecular complexity index is 452. The Morgan fingerprint density at radius 1 is 1.14 bits per heavy atom. The summed E-state index contributed by atoms with van der Waals surface area (Å²) in [6.07, 6.45) is 0. The fourth-order valence-electron chi connectivity index (χ4n) is 0.999. The van der Waals surface area contributed by atoms with E-state index in [0.717, 1.165) is 17.6 Å². The molecule has 3 nitrogen and oxygen atoms in total. The van der Waals surface area contributed by atoms with E-state index < -0.39 is 0 Å². The lowest BCUT2D eigenvalue weighted by atomic mass is 10.3. The minimum absolute atomic E-state index is 0.922. The molecule has 0 aliphatic rings. The number of hydrogen-bond donors (Lipinski definition) is 0. The molecule has 0 saturated heterocycles. The highest BCUT2D eigenvalue weighted by atomic mass is 127. The van der Waals surface area contributed by atoms with Crippen LogP contribution in [0.1, 0.15) is 0 Å². The summed E-state index contributed by atoms with van der Waals surface area (Å²) >= 11 is 7.79. The highest BCUT2D eigenvalue weighted by molar-refractivity contribution is 14.1. The van der Waals surface area contributed by atoms with E-state index in [4.69, 9.17) is 0 Å². The molecule has 0 atom stereocenters. The van der Waals surface area contributed by atoms with Gasteiger partial charge in [-0.3, -0.25) is 0 Å².